The highest BCUT2D eigenvalue weighted by molar-refractivity contribution is 6.01. The number of carboxylic acid groups (broad SMARTS) is 1. The lowest BCUT2D eigenvalue weighted by Crippen LogP contribution is -2.28. The molecule has 0 fully saturated rings. The van der Waals surface area contributed by atoms with E-state index in [1.807, 2.05) is 25.1 Å². The third-order valence-electron chi connectivity index (χ3n) is 5.70. The number of aryl methyl sites for hydroxylation is 1. The summed E-state index contributed by atoms with van der Waals surface area (Å²) in [5.41, 5.74) is 3.29. The van der Waals surface area contributed by atoms with Gasteiger partial charge in [0.2, 0.25) is 5.91 Å². The lowest BCUT2D eigenvalue weighted by molar-refractivity contribution is -0.137. The van der Waals surface area contributed by atoms with Crippen molar-refractivity contribution in [2.45, 2.75) is 32.7 Å². The first-order chi connectivity index (χ1) is 18.6. The smallest absolute Gasteiger partial charge is 0.323 e. The summed E-state index contributed by atoms with van der Waals surface area (Å²) in [6, 6.07) is 14.6. The molecule has 1 atom stereocenters. The number of nitrogens with one attached hydrogen (secondary N) is 4. The Hall–Kier alpha value is -4.77. The number of ether oxygens (including phenoxy) is 1. The van der Waals surface area contributed by atoms with Gasteiger partial charge in [0.1, 0.15) is 17.4 Å². The molecule has 5 N–H and O–H groups in total. The van der Waals surface area contributed by atoms with Crippen LogP contribution in [0.25, 0.3) is 0 Å². The number of ketones is 1. The highest BCUT2D eigenvalue weighted by Crippen LogP contribution is 2.26. The number of hydrogen-bond acceptors (Lipinski definition) is 7. The molecule has 0 bridgehead atoms. The molecule has 2 aromatic carbocycles. The van der Waals surface area contributed by atoms with E-state index in [9.17, 15) is 19.2 Å². The first kappa shape index (κ1) is 28.8. The summed E-state index contributed by atoms with van der Waals surface area (Å²) in [5, 5.41) is 20.3. The van der Waals surface area contributed by atoms with Crippen molar-refractivity contribution in [3.8, 4) is 5.75 Å². The number of para-hydroxylation sites is 1. The molecule has 204 valence electrons. The molecule has 0 saturated carbocycles. The van der Waals surface area contributed by atoms with E-state index in [0.717, 1.165) is 5.56 Å². The molecule has 0 saturated heterocycles. The predicted octanol–water partition coefficient (Wildman–Crippen LogP) is 3.92. The van der Waals surface area contributed by atoms with E-state index in [2.05, 4.69) is 26.3 Å². The van der Waals surface area contributed by atoms with Crippen molar-refractivity contribution in [2.24, 2.45) is 0 Å². The fourth-order valence-corrected chi connectivity index (χ4v) is 3.75. The number of carboxylic acids is 1. The Kier molecular flexibility index (Phi) is 10.1. The van der Waals surface area contributed by atoms with Crippen molar-refractivity contribution in [2.75, 3.05) is 29.6 Å². The van der Waals surface area contributed by atoms with Gasteiger partial charge >= 0.3 is 12.0 Å². The number of Topliss-reactive ketones (excluding diaryl/α,β-unsaturated/α-hetero) is 1. The van der Waals surface area contributed by atoms with Gasteiger partial charge in [-0.3, -0.25) is 14.4 Å². The molecule has 11 nitrogen and oxygen atoms in total. The molecule has 0 aliphatic carbocycles. The lowest BCUT2D eigenvalue weighted by atomic mass is 10.1. The summed E-state index contributed by atoms with van der Waals surface area (Å²) in [4.78, 5) is 51.7. The quantitative estimate of drug-likeness (QED) is 0.234. The summed E-state index contributed by atoms with van der Waals surface area (Å²) in [6.07, 6.45) is 1.26. The van der Waals surface area contributed by atoms with Crippen LogP contribution in [0.5, 0.6) is 5.75 Å². The Morgan fingerprint density at radius 1 is 0.974 bits per heavy atom. The van der Waals surface area contributed by atoms with Gasteiger partial charge in [0, 0.05) is 17.9 Å². The number of anilines is 3. The van der Waals surface area contributed by atoms with Crippen LogP contribution in [-0.2, 0) is 20.8 Å². The number of methoxy groups -OCH3 is 1. The molecule has 3 amide bonds. The van der Waals surface area contributed by atoms with Crippen molar-refractivity contribution in [3.05, 3.63) is 77.5 Å². The van der Waals surface area contributed by atoms with E-state index < -0.39 is 18.0 Å². The zero-order valence-electron chi connectivity index (χ0n) is 21.9. The molecule has 0 spiro atoms. The number of nitrogens with zero attached hydrogens (tertiary/aromatic N) is 1. The lowest BCUT2D eigenvalue weighted by Gasteiger charge is -2.16. The molecule has 0 aliphatic rings. The van der Waals surface area contributed by atoms with Crippen LogP contribution in [0.15, 0.2) is 60.8 Å². The number of pyridine rings is 1. The highest BCUT2D eigenvalue weighted by Gasteiger charge is 2.17. The SMILES string of the molecule is COc1cc(CC(=O)Nc2ccc(C(CC(=O)O)NCC(C)=O)cn2)ccc1NC(=O)Nc1ccccc1C. The molecule has 0 aliphatic heterocycles. The normalized spacial score (nSPS) is 11.3. The fourth-order valence-electron chi connectivity index (χ4n) is 3.75. The van der Waals surface area contributed by atoms with Crippen molar-refractivity contribution in [1.82, 2.24) is 10.3 Å². The van der Waals surface area contributed by atoms with Gasteiger partial charge in [-0.1, -0.05) is 30.3 Å². The van der Waals surface area contributed by atoms with Gasteiger partial charge in [-0.2, -0.15) is 0 Å². The number of aliphatic carboxylic acids is 1. The first-order valence-corrected chi connectivity index (χ1v) is 12.2. The van der Waals surface area contributed by atoms with Crippen molar-refractivity contribution in [3.63, 3.8) is 0 Å². The van der Waals surface area contributed by atoms with Crippen molar-refractivity contribution < 1.29 is 29.0 Å². The predicted molar refractivity (Wildman–Crippen MR) is 147 cm³/mol. The molecule has 0 radical (unpaired) electrons. The van der Waals surface area contributed by atoms with Gasteiger partial charge in [-0.15, -0.1) is 0 Å². The molecule has 1 heterocycles. The van der Waals surface area contributed by atoms with E-state index in [4.69, 9.17) is 9.84 Å². The minimum absolute atomic E-state index is 0.0251. The summed E-state index contributed by atoms with van der Waals surface area (Å²) < 4.78 is 5.40. The summed E-state index contributed by atoms with van der Waals surface area (Å²) in [7, 11) is 1.47. The van der Waals surface area contributed by atoms with Crippen LogP contribution in [0, 0.1) is 6.92 Å². The first-order valence-electron chi connectivity index (χ1n) is 12.2. The Morgan fingerprint density at radius 2 is 1.72 bits per heavy atom. The number of carbonyl (C=O) groups is 4. The Morgan fingerprint density at radius 3 is 2.36 bits per heavy atom. The topological polar surface area (TPSA) is 159 Å². The van der Waals surface area contributed by atoms with Crippen LogP contribution >= 0.6 is 0 Å². The molecular weight excluding hydrogens is 502 g/mol. The third kappa shape index (κ3) is 8.93. The van der Waals surface area contributed by atoms with E-state index in [-0.39, 0.29) is 31.1 Å². The standard InChI is InChI=1S/C28H31N5O6/c1-17-6-4-5-7-21(17)31-28(38)32-22-10-8-19(12-24(22)39-3)13-26(35)33-25-11-9-20(16-30-25)23(14-27(36)37)29-15-18(2)34/h4-12,16,23,29H,13-15H2,1-3H3,(H,36,37)(H,30,33,35)(H2,31,32,38). The van der Waals surface area contributed by atoms with E-state index >= 15 is 0 Å². The molecule has 3 rings (SSSR count). The van der Waals surface area contributed by atoms with Crippen molar-refractivity contribution >= 4 is 40.9 Å². The van der Waals surface area contributed by atoms with Gasteiger partial charge in [-0.05, 0) is 54.8 Å². The monoisotopic (exact) mass is 533 g/mol. The van der Waals surface area contributed by atoms with Crippen LogP contribution in [0.2, 0.25) is 0 Å². The van der Waals surface area contributed by atoms with Crippen LogP contribution in [0.3, 0.4) is 0 Å². The van der Waals surface area contributed by atoms with Gasteiger partial charge < -0.3 is 31.1 Å². The fraction of sp³-hybridized carbons (Fsp3) is 0.250. The maximum atomic E-state index is 12.6. The minimum atomic E-state index is -1.02. The molecular formula is C28H31N5O6. The number of benzene rings is 2. The van der Waals surface area contributed by atoms with Gasteiger partial charge in [0.25, 0.3) is 0 Å². The molecule has 3 aromatic rings. The summed E-state index contributed by atoms with van der Waals surface area (Å²) in [6.45, 7) is 3.33. The number of amides is 3. The van der Waals surface area contributed by atoms with Gasteiger partial charge in [0.15, 0.2) is 0 Å². The van der Waals surface area contributed by atoms with Gasteiger partial charge in [-0.25, -0.2) is 9.78 Å². The van der Waals surface area contributed by atoms with Crippen LogP contribution in [0.1, 0.15) is 36.1 Å². The second-order valence-electron chi connectivity index (χ2n) is 8.86. The Balaban J connectivity index is 1.60. The average molecular weight is 534 g/mol. The maximum Gasteiger partial charge on any atom is 0.323 e. The average Bonchev–Trinajstić information content (AvgIpc) is 2.89. The summed E-state index contributed by atoms with van der Waals surface area (Å²) in [5.74, 6) is -0.773. The van der Waals surface area contributed by atoms with Crippen LogP contribution in [-0.4, -0.2) is 47.4 Å². The summed E-state index contributed by atoms with van der Waals surface area (Å²) >= 11 is 0. The Labute approximate surface area is 226 Å². The van der Waals surface area contributed by atoms with Crippen LogP contribution in [0.4, 0.5) is 22.0 Å². The maximum absolute atomic E-state index is 12.6. The third-order valence-corrected chi connectivity index (χ3v) is 5.70. The molecule has 11 heteroatoms. The molecule has 1 aromatic heterocycles. The number of aromatic nitrogens is 1. The largest absolute Gasteiger partial charge is 0.495 e. The number of rotatable bonds is 12. The van der Waals surface area contributed by atoms with E-state index in [1.165, 1.54) is 20.2 Å². The highest BCUT2D eigenvalue weighted by atomic mass is 16.5. The second kappa shape index (κ2) is 13.7. The molecule has 1 unspecified atom stereocenters. The zero-order chi connectivity index (χ0) is 28.4. The van der Waals surface area contributed by atoms with E-state index in [1.54, 1.807) is 36.4 Å². The number of carbonyl (C=O) groups excluding carboxylic acids is 3. The number of urea groups is 1. The van der Waals surface area contributed by atoms with E-state index in [0.29, 0.717) is 34.1 Å². The Bertz CT molecular complexity index is 1340. The van der Waals surface area contributed by atoms with Gasteiger partial charge in [0.05, 0.1) is 32.2 Å². The second-order valence-corrected chi connectivity index (χ2v) is 8.86. The number of hydrogen-bond donors (Lipinski definition) is 5. The van der Waals surface area contributed by atoms with Crippen LogP contribution < -0.4 is 26.0 Å². The zero-order valence-corrected chi connectivity index (χ0v) is 21.9. The van der Waals surface area contributed by atoms with Crippen molar-refractivity contribution in [1.29, 1.82) is 0 Å². The molecule has 39 heavy (non-hydrogen) atoms. The minimum Gasteiger partial charge on any atom is -0.495 e.